The molecule has 0 aromatic rings. The number of nitrogens with zero attached hydrogens (tertiary/aromatic N) is 4. The first-order chi connectivity index (χ1) is 7.09. The second-order valence-corrected chi connectivity index (χ2v) is 6.47. The average molecular weight is 246 g/mol. The predicted octanol–water partition coefficient (Wildman–Crippen LogP) is 1.52. The minimum atomic E-state index is 0.270. The number of hydrogen-bond acceptors (Lipinski definition) is 6. The molecule has 1 saturated heterocycles. The van der Waals surface area contributed by atoms with Crippen molar-refractivity contribution in [3.63, 3.8) is 0 Å². The molecule has 86 valence electrons. The summed E-state index contributed by atoms with van der Waals surface area (Å²) in [6.07, 6.45) is 1.23. The summed E-state index contributed by atoms with van der Waals surface area (Å²) < 4.78 is 0. The largest absolute Gasteiger partial charge is 0.281 e. The Morgan fingerprint density at radius 3 is 2.67 bits per heavy atom. The quantitative estimate of drug-likeness (QED) is 0.653. The van der Waals surface area contributed by atoms with E-state index in [9.17, 15) is 0 Å². The summed E-state index contributed by atoms with van der Waals surface area (Å²) in [5.74, 6) is 0. The van der Waals surface area contributed by atoms with Gasteiger partial charge in [0.2, 0.25) is 0 Å². The zero-order valence-corrected chi connectivity index (χ0v) is 11.3. The summed E-state index contributed by atoms with van der Waals surface area (Å²) in [5, 5.41) is 5.75. The zero-order chi connectivity index (χ0) is 11.0. The summed E-state index contributed by atoms with van der Waals surface area (Å²) in [6.45, 7) is 3.40. The Kier molecular flexibility index (Phi) is 3.49. The lowest BCUT2D eigenvalue weighted by Gasteiger charge is -2.28. The minimum absolute atomic E-state index is 0.270. The maximum Gasteiger partial charge on any atom is 0.187 e. The van der Waals surface area contributed by atoms with E-state index in [1.807, 2.05) is 10.8 Å². The lowest BCUT2D eigenvalue weighted by Crippen LogP contribution is -2.40. The fourth-order valence-corrected chi connectivity index (χ4v) is 4.41. The number of rotatable bonds is 1. The summed E-state index contributed by atoms with van der Waals surface area (Å²) in [6, 6.07) is 0.586. The van der Waals surface area contributed by atoms with Crippen LogP contribution in [0.1, 0.15) is 13.3 Å². The van der Waals surface area contributed by atoms with E-state index >= 15 is 0 Å². The van der Waals surface area contributed by atoms with Gasteiger partial charge in [0.25, 0.3) is 0 Å². The van der Waals surface area contributed by atoms with Crippen molar-refractivity contribution in [3.8, 4) is 0 Å². The third kappa shape index (κ3) is 2.27. The van der Waals surface area contributed by atoms with Crippen molar-refractivity contribution >= 4 is 26.8 Å². The highest BCUT2D eigenvalue weighted by atomic mass is 33.1. The van der Waals surface area contributed by atoms with E-state index in [0.29, 0.717) is 6.04 Å². The highest BCUT2D eigenvalue weighted by Gasteiger charge is 2.33. The Bertz CT molecular complexity index is 259. The third-order valence-electron chi connectivity index (χ3n) is 2.72. The number of hydrogen-bond donors (Lipinski definition) is 0. The van der Waals surface area contributed by atoms with Crippen LogP contribution in [0, 0.1) is 0 Å². The SMILES string of the molecule is CC1CCN(C)N1C1=NC(N(C)C)SS1. The Balaban J connectivity index is 2.08. The standard InChI is InChI=1S/C9H18N4S2/c1-7-5-6-12(4)13(7)9-10-8(11(2)3)14-15-9/h7-8H,5-6H2,1-4H3. The Labute approximate surface area is 99.4 Å². The Morgan fingerprint density at radius 2 is 2.20 bits per heavy atom. The third-order valence-corrected chi connectivity index (χ3v) is 5.21. The predicted molar refractivity (Wildman–Crippen MR) is 68.6 cm³/mol. The molecule has 1 fully saturated rings. The molecule has 0 aliphatic carbocycles. The van der Waals surface area contributed by atoms with Crippen molar-refractivity contribution in [2.24, 2.45) is 4.99 Å². The fraction of sp³-hybridized carbons (Fsp3) is 0.889. The van der Waals surface area contributed by atoms with Crippen LogP contribution in [0.2, 0.25) is 0 Å². The molecule has 4 nitrogen and oxygen atoms in total. The van der Waals surface area contributed by atoms with Crippen LogP contribution in [-0.4, -0.2) is 59.3 Å². The lowest BCUT2D eigenvalue weighted by atomic mass is 10.3. The van der Waals surface area contributed by atoms with Crippen LogP contribution < -0.4 is 0 Å². The molecule has 2 rings (SSSR count). The van der Waals surface area contributed by atoms with Crippen molar-refractivity contribution in [2.75, 3.05) is 27.7 Å². The van der Waals surface area contributed by atoms with E-state index in [-0.39, 0.29) is 5.50 Å². The average Bonchev–Trinajstić information content (AvgIpc) is 2.73. The van der Waals surface area contributed by atoms with Gasteiger partial charge in [-0.1, -0.05) is 0 Å². The van der Waals surface area contributed by atoms with Gasteiger partial charge in [-0.25, -0.2) is 10.0 Å². The van der Waals surface area contributed by atoms with Gasteiger partial charge in [0, 0.05) is 19.6 Å². The van der Waals surface area contributed by atoms with Crippen LogP contribution in [0.3, 0.4) is 0 Å². The van der Waals surface area contributed by atoms with Crippen molar-refractivity contribution in [1.82, 2.24) is 14.9 Å². The van der Waals surface area contributed by atoms with E-state index in [0.717, 1.165) is 11.7 Å². The molecule has 6 heteroatoms. The normalized spacial score (nSPS) is 32.9. The van der Waals surface area contributed by atoms with Gasteiger partial charge in [0.15, 0.2) is 10.7 Å². The van der Waals surface area contributed by atoms with Crippen molar-refractivity contribution in [1.29, 1.82) is 0 Å². The van der Waals surface area contributed by atoms with E-state index in [1.54, 1.807) is 10.8 Å². The van der Waals surface area contributed by atoms with Crippen LogP contribution in [0.4, 0.5) is 0 Å². The minimum Gasteiger partial charge on any atom is -0.281 e. The molecule has 0 aromatic heterocycles. The van der Waals surface area contributed by atoms with Crippen LogP contribution in [0.5, 0.6) is 0 Å². The fourth-order valence-electron chi connectivity index (χ4n) is 1.80. The molecule has 0 aromatic carbocycles. The molecular formula is C9H18N4S2. The van der Waals surface area contributed by atoms with Gasteiger partial charge in [0.1, 0.15) is 0 Å². The van der Waals surface area contributed by atoms with Crippen LogP contribution >= 0.6 is 21.6 Å². The second kappa shape index (κ2) is 4.53. The smallest absolute Gasteiger partial charge is 0.187 e. The summed E-state index contributed by atoms with van der Waals surface area (Å²) in [4.78, 5) is 6.87. The van der Waals surface area contributed by atoms with Gasteiger partial charge < -0.3 is 0 Å². The van der Waals surface area contributed by atoms with Gasteiger partial charge in [-0.15, -0.1) is 0 Å². The second-order valence-electron chi connectivity index (χ2n) is 4.24. The highest BCUT2D eigenvalue weighted by molar-refractivity contribution is 8.82. The monoisotopic (exact) mass is 246 g/mol. The summed E-state index contributed by atoms with van der Waals surface area (Å²) >= 11 is 0. The first-order valence-corrected chi connectivity index (χ1v) is 7.38. The first-order valence-electron chi connectivity index (χ1n) is 5.17. The van der Waals surface area contributed by atoms with Gasteiger partial charge in [-0.3, -0.25) is 9.91 Å². The number of amidine groups is 1. The molecular weight excluding hydrogens is 228 g/mol. The van der Waals surface area contributed by atoms with Crippen molar-refractivity contribution in [2.45, 2.75) is 24.9 Å². The number of aliphatic imine (C=N–C) groups is 1. The topological polar surface area (TPSA) is 22.1 Å². The molecule has 2 heterocycles. The first kappa shape index (κ1) is 11.6. The Hall–Kier alpha value is 0.0900. The highest BCUT2D eigenvalue weighted by Crippen LogP contribution is 2.40. The van der Waals surface area contributed by atoms with E-state index in [4.69, 9.17) is 4.99 Å². The summed E-state index contributed by atoms with van der Waals surface area (Å²) in [5.41, 5.74) is 0.270. The van der Waals surface area contributed by atoms with E-state index in [2.05, 4.69) is 43.0 Å². The molecule has 2 atom stereocenters. The molecule has 0 bridgehead atoms. The van der Waals surface area contributed by atoms with Gasteiger partial charge in [-0.05, 0) is 49.0 Å². The van der Waals surface area contributed by atoms with Crippen molar-refractivity contribution < 1.29 is 0 Å². The van der Waals surface area contributed by atoms with Crippen molar-refractivity contribution in [3.05, 3.63) is 0 Å². The molecule has 0 N–H and O–H groups in total. The molecule has 15 heavy (non-hydrogen) atoms. The van der Waals surface area contributed by atoms with Crippen LogP contribution in [0.25, 0.3) is 0 Å². The van der Waals surface area contributed by atoms with Gasteiger partial charge in [0.05, 0.1) is 0 Å². The van der Waals surface area contributed by atoms with Crippen LogP contribution in [0.15, 0.2) is 4.99 Å². The molecule has 0 saturated carbocycles. The maximum atomic E-state index is 4.72. The molecule has 0 amide bonds. The van der Waals surface area contributed by atoms with E-state index < -0.39 is 0 Å². The van der Waals surface area contributed by atoms with Gasteiger partial charge in [-0.2, -0.15) is 0 Å². The maximum absolute atomic E-state index is 4.72. The number of hydrazine groups is 1. The van der Waals surface area contributed by atoms with E-state index in [1.165, 1.54) is 6.42 Å². The molecule has 2 aliphatic heterocycles. The molecule has 0 radical (unpaired) electrons. The molecule has 0 spiro atoms. The zero-order valence-electron chi connectivity index (χ0n) is 9.67. The van der Waals surface area contributed by atoms with Gasteiger partial charge >= 0.3 is 0 Å². The summed E-state index contributed by atoms with van der Waals surface area (Å²) in [7, 11) is 9.89. The molecule has 2 aliphatic rings. The lowest BCUT2D eigenvalue weighted by molar-refractivity contribution is 0.118. The van der Waals surface area contributed by atoms with Crippen LogP contribution in [-0.2, 0) is 0 Å². The Morgan fingerprint density at radius 1 is 1.47 bits per heavy atom. The molecule has 2 unspecified atom stereocenters.